The van der Waals surface area contributed by atoms with Gasteiger partial charge < -0.3 is 10.6 Å². The fraction of sp³-hybridized carbons (Fsp3) is 0.385. The van der Waals surface area contributed by atoms with E-state index in [2.05, 4.69) is 10.6 Å². The van der Waals surface area contributed by atoms with Crippen LogP contribution in [0.5, 0.6) is 0 Å². The lowest BCUT2D eigenvalue weighted by Crippen LogP contribution is -2.28. The Kier molecular flexibility index (Phi) is 5.65. The fourth-order valence-corrected chi connectivity index (χ4v) is 1.66. The molecule has 0 aliphatic heterocycles. The summed E-state index contributed by atoms with van der Waals surface area (Å²) < 4.78 is 0. The summed E-state index contributed by atoms with van der Waals surface area (Å²) in [6, 6.07) is 5.18. The molecule has 98 valence electrons. The number of halogens is 1. The molecule has 0 aliphatic rings. The smallest absolute Gasteiger partial charge is 0.233 e. The predicted molar refractivity (Wildman–Crippen MR) is 72.7 cm³/mol. The maximum atomic E-state index is 11.6. The third kappa shape index (κ3) is 4.75. The highest BCUT2D eigenvalue weighted by Crippen LogP contribution is 2.19. The normalized spacial score (nSPS) is 9.94. The van der Waals surface area contributed by atoms with Crippen LogP contribution in [0.25, 0.3) is 0 Å². The van der Waals surface area contributed by atoms with Crippen LogP contribution in [0.15, 0.2) is 18.2 Å². The third-order valence-electron chi connectivity index (χ3n) is 2.36. The fourth-order valence-electron chi connectivity index (χ4n) is 1.43. The Morgan fingerprint density at radius 1 is 1.28 bits per heavy atom. The molecular weight excluding hydrogens is 252 g/mol. The second-order valence-corrected chi connectivity index (χ2v) is 4.47. The van der Waals surface area contributed by atoms with Gasteiger partial charge in [-0.15, -0.1) is 0 Å². The Balaban J connectivity index is 2.51. The van der Waals surface area contributed by atoms with E-state index in [-0.39, 0.29) is 18.2 Å². The molecule has 0 spiro atoms. The highest BCUT2D eigenvalue weighted by molar-refractivity contribution is 6.30. The van der Waals surface area contributed by atoms with Gasteiger partial charge in [0.15, 0.2) is 0 Å². The van der Waals surface area contributed by atoms with Crippen molar-refractivity contribution in [3.8, 4) is 0 Å². The average molecular weight is 269 g/mol. The van der Waals surface area contributed by atoms with Gasteiger partial charge in [-0.2, -0.15) is 0 Å². The van der Waals surface area contributed by atoms with Crippen molar-refractivity contribution in [1.82, 2.24) is 5.32 Å². The van der Waals surface area contributed by atoms with E-state index in [4.69, 9.17) is 11.6 Å². The summed E-state index contributed by atoms with van der Waals surface area (Å²) in [4.78, 5) is 23.0. The van der Waals surface area contributed by atoms with E-state index in [0.29, 0.717) is 17.3 Å². The molecule has 0 unspecified atom stereocenters. The molecule has 1 rings (SSSR count). The molecule has 0 saturated carbocycles. The van der Waals surface area contributed by atoms with Gasteiger partial charge in [0.2, 0.25) is 11.8 Å². The second-order valence-electron chi connectivity index (χ2n) is 4.03. The molecule has 2 amide bonds. The number of benzene rings is 1. The van der Waals surface area contributed by atoms with Gasteiger partial charge in [0, 0.05) is 17.3 Å². The Morgan fingerprint density at radius 3 is 2.61 bits per heavy atom. The van der Waals surface area contributed by atoms with Crippen LogP contribution >= 0.6 is 11.6 Å². The molecule has 2 N–H and O–H groups in total. The van der Waals surface area contributed by atoms with Crippen molar-refractivity contribution in [2.75, 3.05) is 11.9 Å². The highest BCUT2D eigenvalue weighted by Gasteiger charge is 2.10. The first-order valence-corrected chi connectivity index (χ1v) is 6.23. The van der Waals surface area contributed by atoms with Crippen LogP contribution in [0, 0.1) is 6.92 Å². The van der Waals surface area contributed by atoms with Gasteiger partial charge in [-0.1, -0.05) is 18.5 Å². The first-order chi connectivity index (χ1) is 8.52. The quantitative estimate of drug-likeness (QED) is 0.806. The molecule has 0 bridgehead atoms. The van der Waals surface area contributed by atoms with Crippen LogP contribution < -0.4 is 10.6 Å². The molecule has 0 aromatic heterocycles. The van der Waals surface area contributed by atoms with Gasteiger partial charge in [-0.05, 0) is 37.1 Å². The number of carbonyl (C=O) groups excluding carboxylic acids is 2. The number of aryl methyl sites for hydroxylation is 1. The Labute approximate surface area is 112 Å². The lowest BCUT2D eigenvalue weighted by molar-refractivity contribution is -0.126. The number of rotatable bonds is 5. The van der Waals surface area contributed by atoms with Crippen LogP contribution in [0.3, 0.4) is 0 Å². The van der Waals surface area contributed by atoms with E-state index in [9.17, 15) is 9.59 Å². The van der Waals surface area contributed by atoms with E-state index in [0.717, 1.165) is 12.0 Å². The van der Waals surface area contributed by atoms with E-state index in [1.165, 1.54) is 0 Å². The van der Waals surface area contributed by atoms with E-state index in [1.807, 2.05) is 13.8 Å². The van der Waals surface area contributed by atoms with Gasteiger partial charge in [-0.3, -0.25) is 9.59 Å². The van der Waals surface area contributed by atoms with Gasteiger partial charge in [-0.25, -0.2) is 0 Å². The Morgan fingerprint density at radius 2 is 2.00 bits per heavy atom. The van der Waals surface area contributed by atoms with Crippen molar-refractivity contribution in [3.63, 3.8) is 0 Å². The molecule has 0 aliphatic carbocycles. The van der Waals surface area contributed by atoms with Crippen LogP contribution in [-0.2, 0) is 9.59 Å². The minimum atomic E-state index is -0.325. The monoisotopic (exact) mass is 268 g/mol. The summed E-state index contributed by atoms with van der Waals surface area (Å²) in [6.45, 7) is 4.39. The number of hydrogen-bond donors (Lipinski definition) is 2. The van der Waals surface area contributed by atoms with Crippen molar-refractivity contribution in [2.45, 2.75) is 26.7 Å². The molecule has 0 radical (unpaired) electrons. The van der Waals surface area contributed by atoms with Crippen molar-refractivity contribution in [1.29, 1.82) is 0 Å². The molecule has 5 heteroatoms. The van der Waals surface area contributed by atoms with E-state index < -0.39 is 0 Å². The standard InChI is InChI=1S/C13H17ClN2O2/c1-3-6-15-12(17)8-13(18)16-11-5-4-10(14)7-9(11)2/h4-5,7H,3,6,8H2,1-2H3,(H,15,17)(H,16,18). The molecule has 4 nitrogen and oxygen atoms in total. The zero-order valence-electron chi connectivity index (χ0n) is 10.5. The maximum absolute atomic E-state index is 11.6. The summed E-state index contributed by atoms with van der Waals surface area (Å²) in [6.07, 6.45) is 0.686. The second kappa shape index (κ2) is 7.01. The number of carbonyl (C=O) groups is 2. The zero-order valence-corrected chi connectivity index (χ0v) is 11.3. The minimum absolute atomic E-state index is 0.165. The molecule has 0 saturated heterocycles. The number of amides is 2. The van der Waals surface area contributed by atoms with Crippen molar-refractivity contribution in [2.24, 2.45) is 0 Å². The number of nitrogens with one attached hydrogen (secondary N) is 2. The van der Waals surface area contributed by atoms with E-state index >= 15 is 0 Å². The van der Waals surface area contributed by atoms with Crippen LogP contribution in [0.4, 0.5) is 5.69 Å². The van der Waals surface area contributed by atoms with Crippen LogP contribution in [-0.4, -0.2) is 18.4 Å². The summed E-state index contributed by atoms with van der Waals surface area (Å²) >= 11 is 5.82. The van der Waals surface area contributed by atoms with Gasteiger partial charge >= 0.3 is 0 Å². The van der Waals surface area contributed by atoms with Crippen LogP contribution in [0.2, 0.25) is 5.02 Å². The summed E-state index contributed by atoms with van der Waals surface area (Å²) in [5, 5.41) is 5.96. The molecule has 0 fully saturated rings. The molecular formula is C13H17ClN2O2. The number of anilines is 1. The van der Waals surface area contributed by atoms with Gasteiger partial charge in [0.05, 0.1) is 0 Å². The topological polar surface area (TPSA) is 58.2 Å². The summed E-state index contributed by atoms with van der Waals surface area (Å²) in [5.41, 5.74) is 1.54. The zero-order chi connectivity index (χ0) is 13.5. The van der Waals surface area contributed by atoms with Crippen molar-refractivity contribution >= 4 is 29.1 Å². The van der Waals surface area contributed by atoms with Crippen molar-refractivity contribution in [3.05, 3.63) is 28.8 Å². The number of hydrogen-bond acceptors (Lipinski definition) is 2. The molecule has 1 aromatic carbocycles. The third-order valence-corrected chi connectivity index (χ3v) is 2.59. The predicted octanol–water partition coefficient (Wildman–Crippen LogP) is 2.50. The molecule has 1 aromatic rings. The average Bonchev–Trinajstić information content (AvgIpc) is 2.30. The first-order valence-electron chi connectivity index (χ1n) is 5.85. The SMILES string of the molecule is CCCNC(=O)CC(=O)Nc1ccc(Cl)cc1C. The maximum Gasteiger partial charge on any atom is 0.233 e. The minimum Gasteiger partial charge on any atom is -0.356 e. The van der Waals surface area contributed by atoms with Crippen molar-refractivity contribution < 1.29 is 9.59 Å². The highest BCUT2D eigenvalue weighted by atomic mass is 35.5. The largest absolute Gasteiger partial charge is 0.356 e. The first kappa shape index (κ1) is 14.5. The molecule has 0 atom stereocenters. The summed E-state index contributed by atoms with van der Waals surface area (Å²) in [7, 11) is 0. The molecule has 18 heavy (non-hydrogen) atoms. The van der Waals surface area contributed by atoms with Crippen LogP contribution in [0.1, 0.15) is 25.3 Å². The Bertz CT molecular complexity index is 447. The van der Waals surface area contributed by atoms with Gasteiger partial charge in [0.25, 0.3) is 0 Å². The molecule has 0 heterocycles. The lowest BCUT2D eigenvalue weighted by Gasteiger charge is -2.08. The summed E-state index contributed by atoms with van der Waals surface area (Å²) in [5.74, 6) is -0.588. The van der Waals surface area contributed by atoms with Gasteiger partial charge in [0.1, 0.15) is 6.42 Å². The Hall–Kier alpha value is -1.55. The lowest BCUT2D eigenvalue weighted by atomic mass is 10.2. The van der Waals surface area contributed by atoms with E-state index in [1.54, 1.807) is 18.2 Å².